The zero-order valence-electron chi connectivity index (χ0n) is 17.9. The highest BCUT2D eigenvalue weighted by molar-refractivity contribution is 5.82. The molecular formula is C20H37N3O5. The lowest BCUT2D eigenvalue weighted by Crippen LogP contribution is -2.54. The second kappa shape index (κ2) is 11.9. The van der Waals surface area contributed by atoms with E-state index < -0.39 is 11.6 Å². The van der Waals surface area contributed by atoms with E-state index in [1.807, 2.05) is 0 Å². The van der Waals surface area contributed by atoms with Gasteiger partial charge in [-0.15, -0.1) is 0 Å². The molecule has 1 heterocycles. The summed E-state index contributed by atoms with van der Waals surface area (Å²) in [4.78, 5) is 39.5. The number of hydrogen-bond acceptors (Lipinski definition) is 6. The molecule has 1 atom stereocenters. The first-order valence-electron chi connectivity index (χ1n) is 10.3. The monoisotopic (exact) mass is 399 g/mol. The van der Waals surface area contributed by atoms with Crippen molar-refractivity contribution in [2.24, 2.45) is 5.73 Å². The number of hydrogen-bond donors (Lipinski definition) is 1. The van der Waals surface area contributed by atoms with E-state index in [1.165, 1.54) is 0 Å². The lowest BCUT2D eigenvalue weighted by molar-refractivity contribution is -0.155. The van der Waals surface area contributed by atoms with Gasteiger partial charge in [0.25, 0.3) is 0 Å². The van der Waals surface area contributed by atoms with Crippen molar-refractivity contribution in [2.75, 3.05) is 32.8 Å². The molecule has 0 aromatic carbocycles. The van der Waals surface area contributed by atoms with Crippen LogP contribution in [0.1, 0.15) is 66.2 Å². The Labute approximate surface area is 168 Å². The topological polar surface area (TPSA) is 102 Å². The van der Waals surface area contributed by atoms with E-state index in [0.29, 0.717) is 32.8 Å². The van der Waals surface area contributed by atoms with Gasteiger partial charge in [-0.1, -0.05) is 26.2 Å². The van der Waals surface area contributed by atoms with Gasteiger partial charge in [0, 0.05) is 32.6 Å². The van der Waals surface area contributed by atoms with E-state index in [0.717, 1.165) is 25.7 Å². The van der Waals surface area contributed by atoms with E-state index in [2.05, 4.69) is 6.92 Å². The van der Waals surface area contributed by atoms with Crippen molar-refractivity contribution >= 4 is 18.0 Å². The molecular weight excluding hydrogens is 362 g/mol. The number of piperazine rings is 1. The van der Waals surface area contributed by atoms with Crippen LogP contribution in [-0.2, 0) is 19.1 Å². The fourth-order valence-corrected chi connectivity index (χ4v) is 2.91. The summed E-state index contributed by atoms with van der Waals surface area (Å²) in [5, 5.41) is 0. The van der Waals surface area contributed by atoms with Gasteiger partial charge in [0.1, 0.15) is 5.60 Å². The molecule has 1 saturated heterocycles. The maximum atomic E-state index is 12.5. The maximum Gasteiger partial charge on any atom is 0.409 e. The Bertz CT molecular complexity index is 510. The lowest BCUT2D eigenvalue weighted by Gasteiger charge is -2.35. The fourth-order valence-electron chi connectivity index (χ4n) is 2.91. The summed E-state index contributed by atoms with van der Waals surface area (Å²) in [5.74, 6) is -0.557. The average Bonchev–Trinajstić information content (AvgIpc) is 2.64. The van der Waals surface area contributed by atoms with Crippen LogP contribution in [0.3, 0.4) is 0 Å². The summed E-state index contributed by atoms with van der Waals surface area (Å²) in [7, 11) is 0. The van der Waals surface area contributed by atoms with Crippen molar-refractivity contribution in [2.45, 2.75) is 77.9 Å². The van der Waals surface area contributed by atoms with Gasteiger partial charge in [0.2, 0.25) is 5.91 Å². The first-order valence-corrected chi connectivity index (χ1v) is 10.3. The molecule has 0 radical (unpaired) electrons. The summed E-state index contributed by atoms with van der Waals surface area (Å²) in [5.41, 5.74) is 5.41. The maximum absolute atomic E-state index is 12.5. The van der Waals surface area contributed by atoms with Crippen LogP contribution in [0.15, 0.2) is 0 Å². The molecule has 0 aliphatic carbocycles. The van der Waals surface area contributed by atoms with Crippen LogP contribution in [0.5, 0.6) is 0 Å². The lowest BCUT2D eigenvalue weighted by atomic mass is 10.1. The number of carbonyl (C=O) groups excluding carboxylic acids is 3. The third-order valence-corrected chi connectivity index (χ3v) is 4.47. The molecule has 0 spiro atoms. The zero-order valence-corrected chi connectivity index (χ0v) is 17.9. The second-order valence-corrected chi connectivity index (χ2v) is 8.22. The van der Waals surface area contributed by atoms with E-state index in [4.69, 9.17) is 15.2 Å². The molecule has 162 valence electrons. The Morgan fingerprint density at radius 3 is 2.18 bits per heavy atom. The number of esters is 1. The van der Waals surface area contributed by atoms with E-state index in [-0.39, 0.29) is 30.8 Å². The SMILES string of the molecule is CCCCCCOC(=O)N1CCN(C(=O)[C@@H](N)CCC(=O)OC(C)(C)C)CC1. The Hall–Kier alpha value is -1.83. The van der Waals surface area contributed by atoms with Crippen LogP contribution in [-0.4, -0.2) is 72.2 Å². The highest BCUT2D eigenvalue weighted by atomic mass is 16.6. The molecule has 0 aromatic heterocycles. The molecule has 1 rings (SSSR count). The summed E-state index contributed by atoms with van der Waals surface area (Å²) in [6, 6.07) is -0.746. The predicted molar refractivity (Wildman–Crippen MR) is 107 cm³/mol. The van der Waals surface area contributed by atoms with Crippen LogP contribution in [0.25, 0.3) is 0 Å². The Balaban J connectivity index is 2.29. The molecule has 1 fully saturated rings. The minimum absolute atomic E-state index is 0.106. The van der Waals surface area contributed by atoms with Crippen LogP contribution >= 0.6 is 0 Å². The van der Waals surface area contributed by atoms with E-state index in [1.54, 1.807) is 30.6 Å². The van der Waals surface area contributed by atoms with Crippen LogP contribution in [0.4, 0.5) is 4.79 Å². The van der Waals surface area contributed by atoms with Gasteiger partial charge in [-0.2, -0.15) is 0 Å². The first kappa shape index (κ1) is 24.2. The average molecular weight is 400 g/mol. The number of amides is 2. The number of unbranched alkanes of at least 4 members (excludes halogenated alkanes) is 3. The molecule has 0 saturated carbocycles. The normalized spacial score (nSPS) is 15.9. The smallest absolute Gasteiger partial charge is 0.409 e. The van der Waals surface area contributed by atoms with Gasteiger partial charge in [-0.05, 0) is 33.6 Å². The molecule has 0 bridgehead atoms. The van der Waals surface area contributed by atoms with E-state index in [9.17, 15) is 14.4 Å². The molecule has 2 amide bonds. The quantitative estimate of drug-likeness (QED) is 0.471. The third-order valence-electron chi connectivity index (χ3n) is 4.47. The van der Waals surface area contributed by atoms with Gasteiger partial charge in [-0.3, -0.25) is 9.59 Å². The molecule has 0 aromatic rings. The van der Waals surface area contributed by atoms with Crippen molar-refractivity contribution < 1.29 is 23.9 Å². The molecule has 8 heteroatoms. The molecule has 28 heavy (non-hydrogen) atoms. The van der Waals surface area contributed by atoms with Crippen molar-refractivity contribution in [3.63, 3.8) is 0 Å². The van der Waals surface area contributed by atoms with Gasteiger partial charge in [-0.25, -0.2) is 4.79 Å². The van der Waals surface area contributed by atoms with Crippen LogP contribution in [0.2, 0.25) is 0 Å². The van der Waals surface area contributed by atoms with Crippen LogP contribution < -0.4 is 5.73 Å². The summed E-state index contributed by atoms with van der Waals surface area (Å²) < 4.78 is 10.5. The van der Waals surface area contributed by atoms with Crippen LogP contribution in [0, 0.1) is 0 Å². The zero-order chi connectivity index (χ0) is 21.2. The number of nitrogens with two attached hydrogens (primary N) is 1. The predicted octanol–water partition coefficient (Wildman–Crippen LogP) is 2.30. The standard InChI is InChI=1S/C20H37N3O5/c1-5-6-7-8-15-27-19(26)23-13-11-22(12-14-23)18(25)16(21)9-10-17(24)28-20(2,3)4/h16H,5-15,21H2,1-4H3/t16-/m0/s1. The largest absolute Gasteiger partial charge is 0.460 e. The molecule has 0 unspecified atom stereocenters. The minimum Gasteiger partial charge on any atom is -0.460 e. The van der Waals surface area contributed by atoms with Crippen molar-refractivity contribution in [1.82, 2.24) is 9.80 Å². The number of nitrogens with zero attached hydrogens (tertiary/aromatic N) is 2. The number of rotatable bonds is 9. The van der Waals surface area contributed by atoms with Gasteiger partial charge >= 0.3 is 12.1 Å². The van der Waals surface area contributed by atoms with Crippen molar-refractivity contribution in [3.8, 4) is 0 Å². The Morgan fingerprint density at radius 1 is 1.00 bits per heavy atom. The number of carbonyl (C=O) groups is 3. The highest BCUT2D eigenvalue weighted by Gasteiger charge is 2.28. The summed E-state index contributed by atoms with van der Waals surface area (Å²) in [6.07, 6.45) is 4.26. The summed E-state index contributed by atoms with van der Waals surface area (Å²) in [6.45, 7) is 9.66. The van der Waals surface area contributed by atoms with Gasteiger partial charge in [0.15, 0.2) is 0 Å². The van der Waals surface area contributed by atoms with Crippen molar-refractivity contribution in [3.05, 3.63) is 0 Å². The Kier molecular flexibility index (Phi) is 10.3. The Morgan fingerprint density at radius 2 is 1.61 bits per heavy atom. The first-order chi connectivity index (χ1) is 13.1. The molecule has 1 aliphatic rings. The molecule has 1 aliphatic heterocycles. The third kappa shape index (κ3) is 9.39. The van der Waals surface area contributed by atoms with Gasteiger partial charge < -0.3 is 25.0 Å². The van der Waals surface area contributed by atoms with Gasteiger partial charge in [0.05, 0.1) is 12.6 Å². The second-order valence-electron chi connectivity index (χ2n) is 8.22. The molecule has 8 nitrogen and oxygen atoms in total. The van der Waals surface area contributed by atoms with Crippen molar-refractivity contribution in [1.29, 1.82) is 0 Å². The van der Waals surface area contributed by atoms with E-state index >= 15 is 0 Å². The minimum atomic E-state index is -0.746. The fraction of sp³-hybridized carbons (Fsp3) is 0.850. The summed E-state index contributed by atoms with van der Waals surface area (Å²) >= 11 is 0. The molecule has 2 N–H and O–H groups in total. The number of ether oxygens (including phenoxy) is 2. The highest BCUT2D eigenvalue weighted by Crippen LogP contribution is 2.12.